The Bertz CT molecular complexity index is 60.7. The predicted molar refractivity (Wildman–Crippen MR) is 36.1 cm³/mol. The lowest BCUT2D eigenvalue weighted by molar-refractivity contribution is 0.397. The highest BCUT2D eigenvalue weighted by Gasteiger charge is 1.97. The van der Waals surface area contributed by atoms with Crippen LogP contribution < -0.4 is 18.5 Å². The third-order valence-corrected chi connectivity index (χ3v) is 0. The minimum absolute atomic E-state index is 0. The maximum absolute atomic E-state index is 9.19. The van der Waals surface area contributed by atoms with Gasteiger partial charge in [-0.15, -0.1) is 0 Å². The first-order valence-electron chi connectivity index (χ1n) is 0.783. The number of hydrogen-bond donors (Lipinski definition) is 6. The van der Waals surface area contributed by atoms with E-state index < -0.39 is 6.80 Å². The lowest BCUT2D eigenvalue weighted by atomic mass is 14.0. The largest absolute Gasteiger partial charge is 0.380 e. The van der Waals surface area contributed by atoms with Gasteiger partial charge in [0.05, 0.1) is 0 Å². The zero-order chi connectivity index (χ0) is 4.50. The normalized spacial score (nSPS) is 7.38. The molecule has 0 aromatic rings. The van der Waals surface area contributed by atoms with Crippen LogP contribution in [0.5, 0.6) is 0 Å². The van der Waals surface area contributed by atoms with Crippen LogP contribution in [0, 0.1) is 0 Å². The third kappa shape index (κ3) is 1280. The smallest absolute Gasteiger partial charge is 0.344 e. The summed E-state index contributed by atoms with van der Waals surface area (Å²) >= 11 is 2.79. The zero-order valence-electron chi connectivity index (χ0n) is 4.32. The summed E-state index contributed by atoms with van der Waals surface area (Å²) in [4.78, 5) is 15.0. The second-order valence-electron chi connectivity index (χ2n) is 0.513. The van der Waals surface area contributed by atoms with Gasteiger partial charge < -0.3 is 28.2 Å². The van der Waals surface area contributed by atoms with E-state index in [1.165, 1.54) is 0 Å². The van der Waals surface area contributed by atoms with E-state index in [0.717, 1.165) is 0 Å². The molecular formula is H12N3O3PS. The van der Waals surface area contributed by atoms with Crippen molar-refractivity contribution < 1.29 is 14.4 Å². The summed E-state index contributed by atoms with van der Waals surface area (Å²) in [5.74, 6) is 0. The molecule has 0 aromatic heterocycles. The summed E-state index contributed by atoms with van der Waals surface area (Å²) in [6.45, 7) is -3.94. The van der Waals surface area contributed by atoms with Crippen LogP contribution in [0.15, 0.2) is 0 Å². The van der Waals surface area contributed by atoms with Crippen molar-refractivity contribution in [1.82, 2.24) is 18.5 Å². The molecule has 0 bridgehead atoms. The van der Waals surface area contributed by atoms with Crippen LogP contribution in [0.2, 0.25) is 0 Å². The molecule has 0 atom stereocenters. The standard InChI is InChI=1S/3H3N.H3O3PS/c;;;1-4(2,3)5/h3*1H3;(H3,1,2,3,5). The number of hydrogen-bond acceptors (Lipinski definition) is 4. The molecule has 0 fully saturated rings. The fourth-order valence-corrected chi connectivity index (χ4v) is 0. The summed E-state index contributed by atoms with van der Waals surface area (Å²) < 4.78 is 9.19. The molecule has 11 N–H and O–H groups in total. The highest BCUT2D eigenvalue weighted by molar-refractivity contribution is 8.43. The van der Waals surface area contributed by atoms with Gasteiger partial charge in [0.2, 0.25) is 0 Å². The lowest BCUT2D eigenvalue weighted by Crippen LogP contribution is -1.54. The van der Waals surface area contributed by atoms with Crippen LogP contribution in [0.3, 0.4) is 0 Å². The van der Waals surface area contributed by atoms with E-state index in [2.05, 4.69) is 12.2 Å². The van der Waals surface area contributed by atoms with Gasteiger partial charge in [0, 0.05) is 0 Å². The Morgan fingerprint density at radius 3 is 1.12 bits per heavy atom. The minimum atomic E-state index is -3.94. The molecule has 0 aliphatic rings. The first kappa shape index (κ1) is 23.8. The first-order chi connectivity index (χ1) is 2.00. The molecule has 0 aromatic carbocycles. The van der Waals surface area contributed by atoms with Crippen molar-refractivity contribution >= 4 is 19.0 Å². The maximum Gasteiger partial charge on any atom is 0.380 e. The van der Waals surface area contributed by atoms with Crippen molar-refractivity contribution in [3.8, 4) is 0 Å². The second kappa shape index (κ2) is 7.38. The number of rotatable bonds is 0. The molecule has 56 valence electrons. The van der Waals surface area contributed by atoms with Crippen LogP contribution in [0.4, 0.5) is 0 Å². The summed E-state index contributed by atoms with van der Waals surface area (Å²) in [5, 5.41) is 0. The van der Waals surface area contributed by atoms with E-state index >= 15 is 0 Å². The average molecular weight is 165 g/mol. The highest BCUT2D eigenvalue weighted by atomic mass is 32.7. The fraction of sp³-hybridized carbons (Fsp3) is 0. The zero-order valence-corrected chi connectivity index (χ0v) is 6.11. The van der Waals surface area contributed by atoms with E-state index in [0.29, 0.717) is 0 Å². The van der Waals surface area contributed by atoms with Crippen LogP contribution in [-0.2, 0) is 4.57 Å². The summed E-state index contributed by atoms with van der Waals surface area (Å²) in [5.41, 5.74) is 0. The van der Waals surface area contributed by atoms with Gasteiger partial charge in [0.15, 0.2) is 0 Å². The van der Waals surface area contributed by atoms with Crippen molar-refractivity contribution in [2.45, 2.75) is 0 Å². The SMILES string of the molecule is N.N.N.O=P(O)(O)S. The molecule has 0 aliphatic heterocycles. The van der Waals surface area contributed by atoms with Gasteiger partial charge in [-0.25, -0.2) is 4.57 Å². The van der Waals surface area contributed by atoms with Crippen LogP contribution in [0.25, 0.3) is 0 Å². The Labute approximate surface area is 52.7 Å². The van der Waals surface area contributed by atoms with Crippen LogP contribution in [-0.4, -0.2) is 9.79 Å². The molecule has 0 aliphatic carbocycles. The summed E-state index contributed by atoms with van der Waals surface area (Å²) in [7, 11) is 0. The molecule has 0 rings (SSSR count). The molecule has 0 unspecified atom stereocenters. The molecule has 0 saturated carbocycles. The second-order valence-corrected chi connectivity index (χ2v) is 3.10. The molecular weight excluding hydrogens is 153 g/mol. The van der Waals surface area contributed by atoms with Crippen molar-refractivity contribution in [3.05, 3.63) is 0 Å². The van der Waals surface area contributed by atoms with Crippen LogP contribution >= 0.6 is 19.0 Å². The summed E-state index contributed by atoms with van der Waals surface area (Å²) in [6.07, 6.45) is 0. The molecule has 8 heavy (non-hydrogen) atoms. The van der Waals surface area contributed by atoms with Crippen LogP contribution in [0.1, 0.15) is 0 Å². The molecule has 8 heteroatoms. The summed E-state index contributed by atoms with van der Waals surface area (Å²) in [6, 6.07) is 0. The van der Waals surface area contributed by atoms with Gasteiger partial charge in [-0.05, 0) is 0 Å². The molecule has 0 radical (unpaired) electrons. The topological polar surface area (TPSA) is 163 Å². The monoisotopic (exact) mass is 165 g/mol. The quantitative estimate of drug-likeness (QED) is 0.226. The van der Waals surface area contributed by atoms with Crippen molar-refractivity contribution in [2.24, 2.45) is 0 Å². The molecule has 6 nitrogen and oxygen atoms in total. The Kier molecular flexibility index (Phi) is 21.9. The van der Waals surface area contributed by atoms with E-state index in [9.17, 15) is 4.57 Å². The first-order valence-corrected chi connectivity index (χ1v) is 3.55. The Morgan fingerprint density at radius 2 is 1.12 bits per heavy atom. The predicted octanol–water partition coefficient (Wildman–Crippen LogP) is 0.495. The Morgan fingerprint density at radius 1 is 1.12 bits per heavy atom. The molecule has 0 spiro atoms. The van der Waals surface area contributed by atoms with Gasteiger partial charge in [-0.1, -0.05) is 12.2 Å². The van der Waals surface area contributed by atoms with E-state index in [-0.39, 0.29) is 18.5 Å². The van der Waals surface area contributed by atoms with Gasteiger partial charge >= 0.3 is 6.80 Å². The Hall–Kier alpha value is 0.380. The third-order valence-electron chi connectivity index (χ3n) is 0. The van der Waals surface area contributed by atoms with E-state index in [4.69, 9.17) is 9.79 Å². The molecule has 0 saturated heterocycles. The molecule has 0 heterocycles. The van der Waals surface area contributed by atoms with Gasteiger partial charge in [0.1, 0.15) is 0 Å². The minimum Gasteiger partial charge on any atom is -0.344 e. The number of thiol groups is 1. The fourth-order valence-electron chi connectivity index (χ4n) is 0. The average Bonchev–Trinajstić information content (AvgIpc) is 0.722. The van der Waals surface area contributed by atoms with Crippen molar-refractivity contribution in [1.29, 1.82) is 0 Å². The lowest BCUT2D eigenvalue weighted by Gasteiger charge is -1.82. The maximum atomic E-state index is 9.19. The van der Waals surface area contributed by atoms with E-state index in [1.54, 1.807) is 0 Å². The van der Waals surface area contributed by atoms with Crippen molar-refractivity contribution in [2.75, 3.05) is 0 Å². The molecule has 0 amide bonds. The highest BCUT2D eigenvalue weighted by Crippen LogP contribution is 2.39. The van der Waals surface area contributed by atoms with Crippen molar-refractivity contribution in [3.63, 3.8) is 0 Å². The van der Waals surface area contributed by atoms with E-state index in [1.807, 2.05) is 0 Å². The Balaban J connectivity index is -0.0000000267. The van der Waals surface area contributed by atoms with Gasteiger partial charge in [-0.2, -0.15) is 0 Å². The van der Waals surface area contributed by atoms with Gasteiger partial charge in [-0.3, -0.25) is 0 Å². The van der Waals surface area contributed by atoms with Gasteiger partial charge in [0.25, 0.3) is 0 Å².